The molecular weight excluding hydrogens is 264 g/mol. The summed E-state index contributed by atoms with van der Waals surface area (Å²) in [6, 6.07) is 8.45. The van der Waals surface area contributed by atoms with E-state index in [9.17, 15) is 4.79 Å². The van der Waals surface area contributed by atoms with E-state index >= 15 is 0 Å². The lowest BCUT2D eigenvalue weighted by Gasteiger charge is -2.06. The summed E-state index contributed by atoms with van der Waals surface area (Å²) in [7, 11) is 1.62. The van der Waals surface area contributed by atoms with Crippen LogP contribution in [0.5, 0.6) is 0 Å². The van der Waals surface area contributed by atoms with E-state index < -0.39 is 0 Å². The van der Waals surface area contributed by atoms with Crippen molar-refractivity contribution in [3.8, 4) is 0 Å². The summed E-state index contributed by atoms with van der Waals surface area (Å²) in [5.41, 5.74) is 1.91. The maximum Gasteiger partial charge on any atom is 0.251 e. The van der Waals surface area contributed by atoms with E-state index in [0.717, 1.165) is 6.54 Å². The molecule has 1 amide bonds. The van der Waals surface area contributed by atoms with E-state index in [1.807, 2.05) is 24.3 Å². The molecule has 0 spiro atoms. The first-order valence-corrected chi connectivity index (χ1v) is 6.39. The number of benzene rings is 1. The highest BCUT2D eigenvalue weighted by Crippen LogP contribution is 2.19. The molecule has 1 saturated carbocycles. The summed E-state index contributed by atoms with van der Waals surface area (Å²) in [5, 5.41) is 6.25. The van der Waals surface area contributed by atoms with Gasteiger partial charge in [-0.25, -0.2) is 0 Å². The summed E-state index contributed by atoms with van der Waals surface area (Å²) in [4.78, 5) is 11.7. The summed E-state index contributed by atoms with van der Waals surface area (Å²) in [6.45, 7) is 1.96. The lowest BCUT2D eigenvalue weighted by Crippen LogP contribution is -2.26. The van der Waals surface area contributed by atoms with Crippen LogP contribution in [-0.4, -0.2) is 32.2 Å². The van der Waals surface area contributed by atoms with E-state index in [-0.39, 0.29) is 18.3 Å². The highest BCUT2D eigenvalue weighted by Gasteiger charge is 2.19. The van der Waals surface area contributed by atoms with Crippen LogP contribution in [0.1, 0.15) is 28.8 Å². The van der Waals surface area contributed by atoms with Crippen molar-refractivity contribution in [1.82, 2.24) is 10.6 Å². The van der Waals surface area contributed by atoms with Gasteiger partial charge in [0, 0.05) is 31.8 Å². The third-order valence-electron chi connectivity index (χ3n) is 2.98. The molecule has 5 heteroatoms. The van der Waals surface area contributed by atoms with Gasteiger partial charge in [0.2, 0.25) is 0 Å². The molecule has 2 N–H and O–H groups in total. The standard InChI is InChI=1S/C14H20N2O2.ClH/c1-18-9-8-15-14(17)12-4-2-11(3-5-12)10-16-13-6-7-13;/h2-5,13,16H,6-10H2,1H3,(H,15,17);1H. The van der Waals surface area contributed by atoms with Crippen LogP contribution in [-0.2, 0) is 11.3 Å². The Balaban J connectivity index is 0.00000180. The molecular formula is C14H21ClN2O2. The van der Waals surface area contributed by atoms with Crippen molar-refractivity contribution in [2.75, 3.05) is 20.3 Å². The summed E-state index contributed by atoms with van der Waals surface area (Å²) < 4.78 is 4.88. The van der Waals surface area contributed by atoms with Gasteiger partial charge < -0.3 is 15.4 Å². The van der Waals surface area contributed by atoms with Gasteiger partial charge in [0.1, 0.15) is 0 Å². The molecule has 0 saturated heterocycles. The lowest BCUT2D eigenvalue weighted by molar-refractivity contribution is 0.0937. The highest BCUT2D eigenvalue weighted by molar-refractivity contribution is 5.94. The number of ether oxygens (including phenoxy) is 1. The zero-order valence-corrected chi connectivity index (χ0v) is 12.0. The monoisotopic (exact) mass is 284 g/mol. The second kappa shape index (κ2) is 8.15. The number of carbonyl (C=O) groups excluding carboxylic acids is 1. The highest BCUT2D eigenvalue weighted by atomic mass is 35.5. The molecule has 0 unspecified atom stereocenters. The van der Waals surface area contributed by atoms with E-state index in [1.54, 1.807) is 7.11 Å². The number of hydrogen-bond donors (Lipinski definition) is 2. The Morgan fingerprint density at radius 1 is 1.32 bits per heavy atom. The van der Waals surface area contributed by atoms with Gasteiger partial charge in [0.15, 0.2) is 0 Å². The second-order valence-corrected chi connectivity index (χ2v) is 4.60. The number of carbonyl (C=O) groups is 1. The molecule has 106 valence electrons. The quantitative estimate of drug-likeness (QED) is 0.750. The van der Waals surface area contributed by atoms with Crippen LogP contribution >= 0.6 is 12.4 Å². The number of amides is 1. The third kappa shape index (κ3) is 5.59. The van der Waals surface area contributed by atoms with E-state index in [1.165, 1.54) is 18.4 Å². The van der Waals surface area contributed by atoms with Gasteiger partial charge in [-0.2, -0.15) is 0 Å². The van der Waals surface area contributed by atoms with Crippen molar-refractivity contribution in [2.24, 2.45) is 0 Å². The first kappa shape index (κ1) is 16.0. The largest absolute Gasteiger partial charge is 0.383 e. The van der Waals surface area contributed by atoms with Crippen molar-refractivity contribution >= 4 is 18.3 Å². The minimum absolute atomic E-state index is 0. The van der Waals surface area contributed by atoms with Crippen molar-refractivity contribution in [1.29, 1.82) is 0 Å². The Kier molecular flexibility index (Phi) is 6.84. The topological polar surface area (TPSA) is 50.4 Å². The molecule has 0 aliphatic heterocycles. The van der Waals surface area contributed by atoms with Gasteiger partial charge >= 0.3 is 0 Å². The van der Waals surface area contributed by atoms with Crippen LogP contribution in [0.15, 0.2) is 24.3 Å². The fourth-order valence-corrected chi connectivity index (χ4v) is 1.69. The second-order valence-electron chi connectivity index (χ2n) is 4.60. The number of hydrogen-bond acceptors (Lipinski definition) is 3. The Bertz CT molecular complexity index is 391. The van der Waals surface area contributed by atoms with Gasteiger partial charge in [-0.05, 0) is 30.5 Å². The SMILES string of the molecule is COCCNC(=O)c1ccc(CNC2CC2)cc1.Cl. The van der Waals surface area contributed by atoms with Crippen LogP contribution < -0.4 is 10.6 Å². The van der Waals surface area contributed by atoms with Crippen LogP contribution in [0.3, 0.4) is 0 Å². The molecule has 0 radical (unpaired) electrons. The molecule has 0 atom stereocenters. The average Bonchev–Trinajstić information content (AvgIpc) is 3.21. The molecule has 2 rings (SSSR count). The summed E-state index contributed by atoms with van der Waals surface area (Å²) >= 11 is 0. The maximum absolute atomic E-state index is 11.7. The maximum atomic E-state index is 11.7. The van der Waals surface area contributed by atoms with Gasteiger partial charge in [-0.3, -0.25) is 4.79 Å². The molecule has 0 bridgehead atoms. The van der Waals surface area contributed by atoms with E-state index in [0.29, 0.717) is 24.8 Å². The molecule has 1 aliphatic carbocycles. The van der Waals surface area contributed by atoms with Crippen LogP contribution in [0.25, 0.3) is 0 Å². The molecule has 19 heavy (non-hydrogen) atoms. The van der Waals surface area contributed by atoms with Crippen molar-refractivity contribution < 1.29 is 9.53 Å². The zero-order chi connectivity index (χ0) is 12.8. The number of halogens is 1. The van der Waals surface area contributed by atoms with Gasteiger partial charge in [-0.1, -0.05) is 12.1 Å². The van der Waals surface area contributed by atoms with Crippen LogP contribution in [0.2, 0.25) is 0 Å². The van der Waals surface area contributed by atoms with Crippen molar-refractivity contribution in [3.05, 3.63) is 35.4 Å². The fourth-order valence-electron chi connectivity index (χ4n) is 1.69. The number of methoxy groups -OCH3 is 1. The summed E-state index contributed by atoms with van der Waals surface area (Å²) in [6.07, 6.45) is 2.58. The van der Waals surface area contributed by atoms with Crippen LogP contribution in [0, 0.1) is 0 Å². The predicted molar refractivity (Wildman–Crippen MR) is 77.8 cm³/mol. The van der Waals surface area contributed by atoms with E-state index in [2.05, 4.69) is 10.6 Å². The first-order valence-electron chi connectivity index (χ1n) is 6.39. The Hall–Kier alpha value is -1.10. The molecule has 1 aromatic carbocycles. The lowest BCUT2D eigenvalue weighted by atomic mass is 10.1. The molecule has 1 aliphatic rings. The Labute approximate surface area is 120 Å². The number of rotatable bonds is 7. The van der Waals surface area contributed by atoms with E-state index in [4.69, 9.17) is 4.74 Å². The van der Waals surface area contributed by atoms with Crippen LogP contribution in [0.4, 0.5) is 0 Å². The normalized spacial score (nSPS) is 13.7. The molecule has 0 heterocycles. The molecule has 1 aromatic rings. The molecule has 1 fully saturated rings. The van der Waals surface area contributed by atoms with Crippen molar-refractivity contribution in [3.63, 3.8) is 0 Å². The van der Waals surface area contributed by atoms with Gasteiger partial charge in [0.25, 0.3) is 5.91 Å². The summed E-state index contributed by atoms with van der Waals surface area (Å²) in [5.74, 6) is -0.0475. The first-order chi connectivity index (χ1) is 8.79. The minimum Gasteiger partial charge on any atom is -0.383 e. The minimum atomic E-state index is -0.0475. The predicted octanol–water partition coefficient (Wildman–Crippen LogP) is 1.74. The third-order valence-corrected chi connectivity index (χ3v) is 2.98. The zero-order valence-electron chi connectivity index (χ0n) is 11.1. The average molecular weight is 285 g/mol. The molecule has 4 nitrogen and oxygen atoms in total. The van der Waals surface area contributed by atoms with Crippen molar-refractivity contribution in [2.45, 2.75) is 25.4 Å². The van der Waals surface area contributed by atoms with Gasteiger partial charge in [0.05, 0.1) is 6.61 Å². The van der Waals surface area contributed by atoms with Gasteiger partial charge in [-0.15, -0.1) is 12.4 Å². The smallest absolute Gasteiger partial charge is 0.251 e. The Morgan fingerprint density at radius 2 is 2.00 bits per heavy atom. The fraction of sp³-hybridized carbons (Fsp3) is 0.500. The Morgan fingerprint density at radius 3 is 2.58 bits per heavy atom. The number of nitrogens with one attached hydrogen (secondary N) is 2. The molecule has 0 aromatic heterocycles.